The number of ether oxygens (including phenoxy) is 8. The highest BCUT2D eigenvalue weighted by molar-refractivity contribution is 9.10. The van der Waals surface area contributed by atoms with Crippen LogP contribution in [0.15, 0.2) is 88.5 Å². The molecule has 11 atom stereocenters. The lowest BCUT2D eigenvalue weighted by Gasteiger charge is -2.53. The Morgan fingerprint density at radius 2 is 1.54 bits per heavy atom. The Morgan fingerprint density at radius 3 is 2.20 bits per heavy atom. The minimum absolute atomic E-state index is 0.0192. The minimum atomic E-state index is -2.48. The maximum absolute atomic E-state index is 13.6. The lowest BCUT2D eigenvalue weighted by Crippen LogP contribution is -2.62. The topological polar surface area (TPSA) is 240 Å². The Balaban J connectivity index is 1.62. The average molecular weight is 1050 g/mol. The summed E-state index contributed by atoms with van der Waals surface area (Å²) in [6.45, 7) is 9.97. The number of rotatable bonds is 10. The normalized spacial score (nSPS) is 33.7. The Morgan fingerprint density at radius 1 is 0.857 bits per heavy atom. The van der Waals surface area contributed by atoms with Crippen molar-refractivity contribution < 1.29 is 82.3 Å². The molecular formula is C52H69BrO17. The molecule has 6 bridgehead atoms. The molecule has 1 aromatic rings. The maximum Gasteiger partial charge on any atom is 0.338 e. The molecule has 18 heteroatoms. The van der Waals surface area contributed by atoms with Crippen LogP contribution in [-0.4, -0.2) is 131 Å². The van der Waals surface area contributed by atoms with Crippen LogP contribution in [0.2, 0.25) is 0 Å². The lowest BCUT2D eigenvalue weighted by atomic mass is 9.70. The maximum atomic E-state index is 13.6. The Hall–Kier alpha value is -4.53. The molecule has 386 valence electrons. The zero-order valence-electron chi connectivity index (χ0n) is 41.2. The van der Waals surface area contributed by atoms with E-state index in [4.69, 9.17) is 37.9 Å². The van der Waals surface area contributed by atoms with Crippen molar-refractivity contribution in [1.29, 1.82) is 0 Å². The van der Waals surface area contributed by atoms with Gasteiger partial charge in [-0.25, -0.2) is 19.2 Å². The predicted molar refractivity (Wildman–Crippen MR) is 256 cm³/mol. The van der Waals surface area contributed by atoms with Crippen molar-refractivity contribution in [1.82, 2.24) is 0 Å². The Kier molecular flexibility index (Phi) is 19.5. The summed E-state index contributed by atoms with van der Waals surface area (Å²) in [5, 5.41) is 48.2. The first-order valence-electron chi connectivity index (χ1n) is 23.7. The van der Waals surface area contributed by atoms with Crippen LogP contribution in [0.1, 0.15) is 116 Å². The van der Waals surface area contributed by atoms with Gasteiger partial charge < -0.3 is 58.3 Å². The highest BCUT2D eigenvalue weighted by Crippen LogP contribution is 2.50. The summed E-state index contributed by atoms with van der Waals surface area (Å²) in [5.41, 5.74) is -1.92. The van der Waals surface area contributed by atoms with Crippen LogP contribution in [0, 0.1) is 10.8 Å². The van der Waals surface area contributed by atoms with Gasteiger partial charge in [-0.15, -0.1) is 0 Å². The van der Waals surface area contributed by atoms with Gasteiger partial charge in [0.1, 0.15) is 12.2 Å². The van der Waals surface area contributed by atoms with Gasteiger partial charge in [0.2, 0.25) is 5.79 Å². The number of hydrogen-bond acceptors (Lipinski definition) is 17. The molecule has 4 N–H and O–H groups in total. The standard InChI is InChI=1S/C52H69BrO17/c1-9-10-11-12-13-14-43(56)68-47-34(25-45(58)64-8)24-38-28-41(31(2)54)66-46(59)27-36(55)26-39-29-42(67-48(60)33-15-17-35(53)18-16-33)50(5,6)51(61,69-39)30-40-22-32(23-44(57)63-7)21-37(65-40)19-20-49(3,4)52(47,62)70-38/h11-20,23,25,31,36-42,47,54-55,61-62H,9-10,21-22,24,26-30H2,1-8H3/b12-11+,14-13+,20-19+,32-23+,34-25+/t31-,36-,37+,38+,39-,40+,41-,42+,47+,51+,52-/m1/s1. The van der Waals surface area contributed by atoms with Gasteiger partial charge in [0.15, 0.2) is 11.9 Å². The Labute approximate surface area is 418 Å². The molecule has 17 nitrogen and oxygen atoms in total. The smallest absolute Gasteiger partial charge is 0.338 e. The van der Waals surface area contributed by atoms with E-state index in [0.29, 0.717) is 5.57 Å². The van der Waals surface area contributed by atoms with E-state index in [-0.39, 0.29) is 56.1 Å². The van der Waals surface area contributed by atoms with E-state index >= 15 is 0 Å². The molecule has 4 heterocycles. The van der Waals surface area contributed by atoms with E-state index in [1.54, 1.807) is 70.2 Å². The lowest BCUT2D eigenvalue weighted by molar-refractivity contribution is -0.347. The number of methoxy groups -OCH3 is 2. The summed E-state index contributed by atoms with van der Waals surface area (Å²) >= 11 is 3.37. The molecule has 0 amide bonds. The van der Waals surface area contributed by atoms with E-state index < -0.39 is 114 Å². The highest BCUT2D eigenvalue weighted by Gasteiger charge is 2.59. The number of esters is 5. The zero-order chi connectivity index (χ0) is 51.6. The number of benzene rings is 1. The summed E-state index contributed by atoms with van der Waals surface area (Å²) in [6, 6.07) is 6.56. The first-order chi connectivity index (χ1) is 32.9. The number of hydrogen-bond donors (Lipinski definition) is 4. The number of allylic oxidation sites excluding steroid dienone is 3. The fourth-order valence-corrected chi connectivity index (χ4v) is 9.42. The number of carbonyl (C=O) groups is 5. The molecule has 3 saturated heterocycles. The van der Waals surface area contributed by atoms with Crippen LogP contribution in [0.4, 0.5) is 0 Å². The van der Waals surface area contributed by atoms with Crippen molar-refractivity contribution in [3.05, 3.63) is 94.1 Å². The van der Waals surface area contributed by atoms with E-state index in [2.05, 4.69) is 15.9 Å². The SMILES string of the molecule is CCC/C=C/C=C/C(=O)O[C@H]1/C(=C/C(=O)OC)C[C@H]2C[C@H]([C@@H](C)O)OC(=O)C[C@H](O)C[C@@H]3C[C@H](OC(=O)c4ccc(Br)cc4)C(C)(C)[C@](O)(C[C@@H]4C/C(=C/C(=O)OC)C[C@H](/C=C/C(C)(C)[C@]1(O)O2)O4)O3. The molecular weight excluding hydrogens is 976 g/mol. The Bertz CT molecular complexity index is 2170. The van der Waals surface area contributed by atoms with Gasteiger partial charge in [-0.3, -0.25) is 4.79 Å². The van der Waals surface area contributed by atoms with Gasteiger partial charge in [-0.2, -0.15) is 0 Å². The number of fused-ring (bicyclic) bond motifs is 6. The number of aliphatic hydroxyl groups excluding tert-OH is 2. The third-order valence-corrected chi connectivity index (χ3v) is 13.9. The number of carbonyl (C=O) groups excluding carboxylic acids is 5. The molecule has 0 saturated carbocycles. The van der Waals surface area contributed by atoms with Crippen molar-refractivity contribution in [2.75, 3.05) is 14.2 Å². The summed E-state index contributed by atoms with van der Waals surface area (Å²) < 4.78 is 48.2. The first-order valence-corrected chi connectivity index (χ1v) is 24.5. The second-order valence-corrected chi connectivity index (χ2v) is 20.5. The fourth-order valence-electron chi connectivity index (χ4n) is 9.16. The summed E-state index contributed by atoms with van der Waals surface area (Å²) in [5.74, 6) is -8.49. The monoisotopic (exact) mass is 1040 g/mol. The number of aliphatic hydroxyl groups is 4. The summed E-state index contributed by atoms with van der Waals surface area (Å²) in [6.07, 6.45) is 2.02. The first kappa shape index (κ1) is 56.4. The largest absolute Gasteiger partial charge is 0.466 e. The average Bonchev–Trinajstić information content (AvgIpc) is 3.28. The van der Waals surface area contributed by atoms with E-state index in [0.717, 1.165) is 36.6 Å². The van der Waals surface area contributed by atoms with E-state index in [1.807, 2.05) is 13.0 Å². The minimum Gasteiger partial charge on any atom is -0.466 e. The van der Waals surface area contributed by atoms with Gasteiger partial charge in [0, 0.05) is 53.8 Å². The van der Waals surface area contributed by atoms with Crippen molar-refractivity contribution in [2.45, 2.75) is 172 Å². The van der Waals surface area contributed by atoms with E-state index in [1.165, 1.54) is 26.2 Å². The molecule has 4 aliphatic heterocycles. The van der Waals surface area contributed by atoms with Gasteiger partial charge in [0.05, 0.1) is 68.2 Å². The molecule has 5 rings (SSSR count). The summed E-state index contributed by atoms with van der Waals surface area (Å²) in [7, 11) is 2.41. The number of unbranched alkanes of at least 4 members (excludes halogenated alkanes) is 1. The molecule has 0 spiro atoms. The van der Waals surface area contributed by atoms with Crippen LogP contribution in [0.5, 0.6) is 0 Å². The quantitative estimate of drug-likeness (QED) is 0.0658. The molecule has 70 heavy (non-hydrogen) atoms. The van der Waals surface area contributed by atoms with Crippen LogP contribution in [-0.2, 0) is 57.1 Å². The van der Waals surface area contributed by atoms with Crippen LogP contribution < -0.4 is 0 Å². The number of cyclic esters (lactones) is 1. The molecule has 3 fully saturated rings. The van der Waals surface area contributed by atoms with Gasteiger partial charge >= 0.3 is 29.8 Å². The molecule has 1 aromatic carbocycles. The third kappa shape index (κ3) is 14.3. The molecule has 0 aromatic heterocycles. The predicted octanol–water partition coefficient (Wildman–Crippen LogP) is 6.34. The molecule has 0 unspecified atom stereocenters. The molecule has 0 radical (unpaired) electrons. The number of halogens is 1. The second-order valence-electron chi connectivity index (χ2n) is 19.6. The highest BCUT2D eigenvalue weighted by atomic mass is 79.9. The van der Waals surface area contributed by atoms with Gasteiger partial charge in [-0.1, -0.05) is 92.9 Å². The third-order valence-electron chi connectivity index (χ3n) is 13.4. The molecule has 4 aliphatic rings. The zero-order valence-corrected chi connectivity index (χ0v) is 42.8. The van der Waals surface area contributed by atoms with Crippen LogP contribution in [0.25, 0.3) is 0 Å². The van der Waals surface area contributed by atoms with Crippen molar-refractivity contribution in [2.24, 2.45) is 10.8 Å². The summed E-state index contributed by atoms with van der Waals surface area (Å²) in [4.78, 5) is 66.4. The molecule has 0 aliphatic carbocycles. The second kappa shape index (κ2) is 24.3. The van der Waals surface area contributed by atoms with Crippen molar-refractivity contribution >= 4 is 45.8 Å². The van der Waals surface area contributed by atoms with Gasteiger partial charge in [0.25, 0.3) is 0 Å². The fraction of sp³-hybridized carbons (Fsp3) is 0.596. The van der Waals surface area contributed by atoms with Crippen LogP contribution in [0.3, 0.4) is 0 Å². The van der Waals surface area contributed by atoms with Crippen molar-refractivity contribution in [3.63, 3.8) is 0 Å². The van der Waals surface area contributed by atoms with E-state index in [9.17, 15) is 44.4 Å². The van der Waals surface area contributed by atoms with Crippen molar-refractivity contribution in [3.8, 4) is 0 Å². The van der Waals surface area contributed by atoms with Gasteiger partial charge in [-0.05, 0) is 62.4 Å². The van der Waals surface area contributed by atoms with Crippen LogP contribution >= 0.6 is 15.9 Å².